The highest BCUT2D eigenvalue weighted by Gasteiger charge is 2.16. The second kappa shape index (κ2) is 9.30. The van der Waals surface area contributed by atoms with E-state index >= 15 is 0 Å². The summed E-state index contributed by atoms with van der Waals surface area (Å²) in [7, 11) is 0. The van der Waals surface area contributed by atoms with E-state index in [-0.39, 0.29) is 29.3 Å². The van der Waals surface area contributed by atoms with Crippen LogP contribution in [0, 0.1) is 10.1 Å². The Labute approximate surface area is 158 Å². The summed E-state index contributed by atoms with van der Waals surface area (Å²) in [4.78, 5) is 45.5. The summed E-state index contributed by atoms with van der Waals surface area (Å²) < 4.78 is 0. The third-order valence-corrected chi connectivity index (χ3v) is 3.68. The van der Waals surface area contributed by atoms with Crippen LogP contribution in [0.3, 0.4) is 0 Å². The number of para-hydroxylation sites is 1. The van der Waals surface area contributed by atoms with E-state index in [0.717, 1.165) is 6.07 Å². The molecule has 0 radical (unpaired) electrons. The molecule has 0 aliphatic rings. The maximum atomic E-state index is 11.9. The smallest absolute Gasteiger partial charge is 0.288 e. The molecule has 0 atom stereocenters. The molecule has 27 heavy (non-hydrogen) atoms. The van der Waals surface area contributed by atoms with Crippen LogP contribution in [0.2, 0.25) is 5.02 Å². The number of nitrogens with one attached hydrogen (secondary N) is 3. The van der Waals surface area contributed by atoms with Crippen LogP contribution < -0.4 is 16.2 Å². The molecular weight excluding hydrogens is 376 g/mol. The Balaban J connectivity index is 1.79. The number of anilines is 1. The number of halogens is 1. The summed E-state index contributed by atoms with van der Waals surface area (Å²) in [5.74, 6) is -1.69. The first-order valence-electron chi connectivity index (χ1n) is 7.75. The molecule has 0 aliphatic heterocycles. The molecule has 0 saturated heterocycles. The molecule has 0 aliphatic carbocycles. The summed E-state index contributed by atoms with van der Waals surface area (Å²) in [5, 5.41) is 13.3. The predicted molar refractivity (Wildman–Crippen MR) is 98.0 cm³/mol. The fourth-order valence-corrected chi connectivity index (χ4v) is 2.21. The van der Waals surface area contributed by atoms with E-state index in [0.29, 0.717) is 5.69 Å². The second-order valence-electron chi connectivity index (χ2n) is 5.34. The van der Waals surface area contributed by atoms with Crippen molar-refractivity contribution in [3.63, 3.8) is 0 Å². The zero-order valence-electron chi connectivity index (χ0n) is 13.9. The molecule has 3 amide bonds. The number of carbonyl (C=O) groups excluding carboxylic acids is 3. The molecule has 0 spiro atoms. The third kappa shape index (κ3) is 6.08. The average Bonchev–Trinajstić information content (AvgIpc) is 2.65. The Kier molecular flexibility index (Phi) is 6.84. The number of hydrazine groups is 1. The van der Waals surface area contributed by atoms with E-state index in [1.165, 1.54) is 12.1 Å². The molecule has 0 unspecified atom stereocenters. The number of carbonyl (C=O) groups is 3. The van der Waals surface area contributed by atoms with Gasteiger partial charge in [0.2, 0.25) is 11.8 Å². The van der Waals surface area contributed by atoms with Gasteiger partial charge in [0.05, 0.1) is 4.92 Å². The topological polar surface area (TPSA) is 130 Å². The van der Waals surface area contributed by atoms with E-state index in [1.807, 2.05) is 0 Å². The van der Waals surface area contributed by atoms with Gasteiger partial charge in [-0.15, -0.1) is 0 Å². The molecule has 0 fully saturated rings. The van der Waals surface area contributed by atoms with Crippen LogP contribution in [0.15, 0.2) is 48.5 Å². The number of hydrogen-bond donors (Lipinski definition) is 3. The lowest BCUT2D eigenvalue weighted by molar-refractivity contribution is -0.384. The number of nitrogens with zero attached hydrogens (tertiary/aromatic N) is 1. The van der Waals surface area contributed by atoms with Crippen LogP contribution in [0.1, 0.15) is 23.2 Å². The van der Waals surface area contributed by atoms with Gasteiger partial charge in [0.1, 0.15) is 5.02 Å². The third-order valence-electron chi connectivity index (χ3n) is 3.36. The molecule has 2 rings (SSSR count). The van der Waals surface area contributed by atoms with Crippen molar-refractivity contribution in [3.05, 3.63) is 69.2 Å². The first-order valence-corrected chi connectivity index (χ1v) is 8.12. The zero-order valence-corrected chi connectivity index (χ0v) is 14.7. The van der Waals surface area contributed by atoms with Gasteiger partial charge in [-0.3, -0.25) is 35.3 Å². The summed E-state index contributed by atoms with van der Waals surface area (Å²) in [5.41, 5.74) is 4.40. The standard InChI is InChI=1S/C17H15ClN4O5/c18-13-7-6-11(10-14(13)22(26)27)17(25)21-20-16(24)9-8-15(23)19-12-4-2-1-3-5-12/h1-7,10H,8-9H2,(H,19,23)(H,20,24)(H,21,25). The Hall–Kier alpha value is -3.46. The largest absolute Gasteiger partial charge is 0.326 e. The van der Waals surface area contributed by atoms with Crippen molar-refractivity contribution in [1.29, 1.82) is 0 Å². The Bertz CT molecular complexity index is 873. The van der Waals surface area contributed by atoms with Crippen molar-refractivity contribution in [3.8, 4) is 0 Å². The van der Waals surface area contributed by atoms with Crippen molar-refractivity contribution in [2.24, 2.45) is 0 Å². The molecule has 9 nitrogen and oxygen atoms in total. The minimum atomic E-state index is -0.753. The van der Waals surface area contributed by atoms with E-state index in [2.05, 4.69) is 16.2 Å². The summed E-state index contributed by atoms with van der Waals surface area (Å²) in [6, 6.07) is 12.2. The zero-order chi connectivity index (χ0) is 19.8. The van der Waals surface area contributed by atoms with Gasteiger partial charge >= 0.3 is 0 Å². The van der Waals surface area contributed by atoms with Crippen molar-refractivity contribution in [2.45, 2.75) is 12.8 Å². The van der Waals surface area contributed by atoms with Gasteiger partial charge in [0.15, 0.2) is 0 Å². The highest BCUT2D eigenvalue weighted by Crippen LogP contribution is 2.24. The highest BCUT2D eigenvalue weighted by molar-refractivity contribution is 6.32. The molecule has 0 heterocycles. The van der Waals surface area contributed by atoms with E-state index in [9.17, 15) is 24.5 Å². The molecular formula is C17H15ClN4O5. The molecule has 2 aromatic carbocycles. The molecule has 0 saturated carbocycles. The number of nitro groups is 1. The Morgan fingerprint density at radius 3 is 2.30 bits per heavy atom. The van der Waals surface area contributed by atoms with Gasteiger partial charge in [0.25, 0.3) is 11.6 Å². The molecule has 0 bridgehead atoms. The SMILES string of the molecule is O=C(CCC(=O)Nc1ccccc1)NNC(=O)c1ccc(Cl)c([N+](=O)[O-])c1. The van der Waals surface area contributed by atoms with Crippen LogP contribution in [-0.2, 0) is 9.59 Å². The maximum Gasteiger partial charge on any atom is 0.288 e. The van der Waals surface area contributed by atoms with Gasteiger partial charge in [-0.25, -0.2) is 0 Å². The van der Waals surface area contributed by atoms with E-state index in [1.54, 1.807) is 30.3 Å². The Morgan fingerprint density at radius 1 is 0.963 bits per heavy atom. The van der Waals surface area contributed by atoms with Gasteiger partial charge in [-0.05, 0) is 24.3 Å². The first kappa shape index (κ1) is 19.9. The van der Waals surface area contributed by atoms with Gasteiger partial charge in [0, 0.05) is 30.2 Å². The lowest BCUT2D eigenvalue weighted by Gasteiger charge is -2.08. The van der Waals surface area contributed by atoms with Crippen molar-refractivity contribution >= 4 is 40.7 Å². The fraction of sp³-hybridized carbons (Fsp3) is 0.118. The van der Waals surface area contributed by atoms with Gasteiger partial charge < -0.3 is 5.32 Å². The maximum absolute atomic E-state index is 11.9. The van der Waals surface area contributed by atoms with E-state index < -0.39 is 22.4 Å². The van der Waals surface area contributed by atoms with Crippen LogP contribution in [0.5, 0.6) is 0 Å². The first-order chi connectivity index (χ1) is 12.9. The number of hydrogen-bond acceptors (Lipinski definition) is 5. The number of amides is 3. The molecule has 140 valence electrons. The molecule has 2 aromatic rings. The van der Waals surface area contributed by atoms with Crippen LogP contribution in [0.4, 0.5) is 11.4 Å². The van der Waals surface area contributed by atoms with Crippen molar-refractivity contribution in [2.75, 3.05) is 5.32 Å². The minimum Gasteiger partial charge on any atom is -0.326 e. The number of benzene rings is 2. The average molecular weight is 391 g/mol. The van der Waals surface area contributed by atoms with E-state index in [4.69, 9.17) is 11.6 Å². The second-order valence-corrected chi connectivity index (χ2v) is 5.75. The predicted octanol–water partition coefficient (Wildman–Crippen LogP) is 2.43. The van der Waals surface area contributed by atoms with Crippen molar-refractivity contribution < 1.29 is 19.3 Å². The monoisotopic (exact) mass is 390 g/mol. The summed E-state index contributed by atoms with van der Waals surface area (Å²) >= 11 is 5.67. The minimum absolute atomic E-state index is 0.0479. The van der Waals surface area contributed by atoms with Gasteiger partial charge in [-0.1, -0.05) is 29.8 Å². The normalized spacial score (nSPS) is 9.96. The van der Waals surface area contributed by atoms with Crippen LogP contribution in [0.25, 0.3) is 0 Å². The molecule has 10 heteroatoms. The fourth-order valence-electron chi connectivity index (χ4n) is 2.03. The van der Waals surface area contributed by atoms with Crippen molar-refractivity contribution in [1.82, 2.24) is 10.9 Å². The Morgan fingerprint density at radius 2 is 1.63 bits per heavy atom. The quantitative estimate of drug-likeness (QED) is 0.515. The van der Waals surface area contributed by atoms with Crippen LogP contribution >= 0.6 is 11.6 Å². The highest BCUT2D eigenvalue weighted by atomic mass is 35.5. The molecule has 0 aromatic heterocycles. The summed E-state index contributed by atoms with van der Waals surface area (Å²) in [6.45, 7) is 0. The lowest BCUT2D eigenvalue weighted by atomic mass is 10.2. The van der Waals surface area contributed by atoms with Crippen LogP contribution in [-0.4, -0.2) is 22.6 Å². The molecule has 3 N–H and O–H groups in total. The van der Waals surface area contributed by atoms with Gasteiger partial charge in [-0.2, -0.15) is 0 Å². The number of nitro benzene ring substituents is 1. The number of rotatable bonds is 6. The summed E-state index contributed by atoms with van der Waals surface area (Å²) in [6.07, 6.45) is -0.233. The lowest BCUT2D eigenvalue weighted by Crippen LogP contribution is -2.41.